The lowest BCUT2D eigenvalue weighted by Gasteiger charge is -2.32. The first-order valence-corrected chi connectivity index (χ1v) is 7.12. The van der Waals surface area contributed by atoms with Crippen molar-refractivity contribution in [2.45, 2.75) is 32.2 Å². The summed E-state index contributed by atoms with van der Waals surface area (Å²) in [5, 5.41) is 3.03. The topological polar surface area (TPSA) is 66.8 Å². The number of guanidine groups is 1. The van der Waals surface area contributed by atoms with Gasteiger partial charge in [-0.3, -0.25) is 9.89 Å². The predicted octanol–water partition coefficient (Wildman–Crippen LogP) is 1.73. The normalized spacial score (nSPS) is 19.3. The summed E-state index contributed by atoms with van der Waals surface area (Å²) in [6, 6.07) is 4.16. The molecule has 106 valence electrons. The molecular formula is C14H24N4O. The Balaban J connectivity index is 2.04. The molecule has 1 fully saturated rings. The quantitative estimate of drug-likeness (QED) is 0.628. The molecule has 1 unspecified atom stereocenters. The number of hydrogen-bond acceptors (Lipinski definition) is 3. The molecule has 1 aliphatic rings. The second kappa shape index (κ2) is 7.19. The average molecular weight is 264 g/mol. The van der Waals surface area contributed by atoms with Crippen molar-refractivity contribution in [3.8, 4) is 0 Å². The molecule has 0 saturated carbocycles. The van der Waals surface area contributed by atoms with Gasteiger partial charge in [0, 0.05) is 6.54 Å². The summed E-state index contributed by atoms with van der Waals surface area (Å²) < 4.78 is 5.57. The standard InChI is InChI=1S/C14H24N4O/c1-2-16-14(15)17-11-12(13-7-6-10-19-13)18-8-4-3-5-9-18/h6-7,10,12H,2-5,8-9,11H2,1H3,(H3,15,16,17). The SMILES string of the molecule is CCNC(N)=NCC(c1ccco1)N1CCCCC1. The molecule has 1 saturated heterocycles. The highest BCUT2D eigenvalue weighted by Crippen LogP contribution is 2.25. The average Bonchev–Trinajstić information content (AvgIpc) is 2.94. The predicted molar refractivity (Wildman–Crippen MR) is 77.0 cm³/mol. The fraction of sp³-hybridized carbons (Fsp3) is 0.643. The van der Waals surface area contributed by atoms with Gasteiger partial charge in [-0.15, -0.1) is 0 Å². The minimum atomic E-state index is 0.201. The molecule has 19 heavy (non-hydrogen) atoms. The highest BCUT2D eigenvalue weighted by Gasteiger charge is 2.24. The number of aliphatic imine (C=N–C) groups is 1. The maximum Gasteiger partial charge on any atom is 0.188 e. The Morgan fingerprint density at radius 3 is 2.89 bits per heavy atom. The fourth-order valence-electron chi connectivity index (χ4n) is 2.52. The van der Waals surface area contributed by atoms with E-state index in [0.717, 1.165) is 25.4 Å². The number of hydrogen-bond donors (Lipinski definition) is 2. The minimum Gasteiger partial charge on any atom is -0.468 e. The maximum absolute atomic E-state index is 5.81. The van der Waals surface area contributed by atoms with E-state index in [4.69, 9.17) is 10.2 Å². The van der Waals surface area contributed by atoms with Crippen LogP contribution in [-0.2, 0) is 0 Å². The maximum atomic E-state index is 5.81. The summed E-state index contributed by atoms with van der Waals surface area (Å²) in [6.07, 6.45) is 5.56. The van der Waals surface area contributed by atoms with Gasteiger partial charge in [-0.1, -0.05) is 6.42 Å². The summed E-state index contributed by atoms with van der Waals surface area (Å²) in [4.78, 5) is 6.88. The van der Waals surface area contributed by atoms with Gasteiger partial charge in [0.25, 0.3) is 0 Å². The van der Waals surface area contributed by atoms with Crippen LogP contribution in [0.25, 0.3) is 0 Å². The van der Waals surface area contributed by atoms with Crippen LogP contribution in [0.15, 0.2) is 27.8 Å². The zero-order valence-corrected chi connectivity index (χ0v) is 11.6. The van der Waals surface area contributed by atoms with E-state index in [1.807, 2.05) is 19.1 Å². The third-order valence-electron chi connectivity index (χ3n) is 3.50. The Labute approximate surface area is 114 Å². The molecule has 0 bridgehead atoms. The number of nitrogens with two attached hydrogens (primary N) is 1. The molecule has 0 aromatic carbocycles. The van der Waals surface area contributed by atoms with Crippen molar-refractivity contribution in [1.82, 2.24) is 10.2 Å². The number of furan rings is 1. The van der Waals surface area contributed by atoms with E-state index in [9.17, 15) is 0 Å². The molecular weight excluding hydrogens is 240 g/mol. The number of piperidine rings is 1. The molecule has 0 spiro atoms. The Morgan fingerprint density at radius 2 is 2.26 bits per heavy atom. The van der Waals surface area contributed by atoms with Crippen molar-refractivity contribution in [1.29, 1.82) is 0 Å². The molecule has 1 aromatic rings. The molecule has 1 aromatic heterocycles. The van der Waals surface area contributed by atoms with Crippen LogP contribution in [0.4, 0.5) is 0 Å². The minimum absolute atomic E-state index is 0.201. The van der Waals surface area contributed by atoms with Gasteiger partial charge in [0.2, 0.25) is 0 Å². The van der Waals surface area contributed by atoms with E-state index in [1.165, 1.54) is 19.3 Å². The van der Waals surface area contributed by atoms with E-state index in [2.05, 4.69) is 15.2 Å². The second-order valence-corrected chi connectivity index (χ2v) is 4.88. The third-order valence-corrected chi connectivity index (χ3v) is 3.50. The number of rotatable bonds is 5. The Kier molecular flexibility index (Phi) is 5.27. The van der Waals surface area contributed by atoms with Crippen LogP contribution < -0.4 is 11.1 Å². The third kappa shape index (κ3) is 3.99. The molecule has 0 radical (unpaired) electrons. The zero-order valence-electron chi connectivity index (χ0n) is 11.6. The van der Waals surface area contributed by atoms with Crippen molar-refractivity contribution in [3.05, 3.63) is 24.2 Å². The molecule has 3 N–H and O–H groups in total. The van der Waals surface area contributed by atoms with Gasteiger partial charge in [-0.2, -0.15) is 0 Å². The molecule has 1 aliphatic heterocycles. The first kappa shape index (κ1) is 13.9. The van der Waals surface area contributed by atoms with Gasteiger partial charge in [0.05, 0.1) is 18.8 Å². The van der Waals surface area contributed by atoms with Crippen molar-refractivity contribution >= 4 is 5.96 Å². The summed E-state index contributed by atoms with van der Waals surface area (Å²) in [7, 11) is 0. The van der Waals surface area contributed by atoms with Crippen LogP contribution in [0.1, 0.15) is 38.0 Å². The lowest BCUT2D eigenvalue weighted by molar-refractivity contribution is 0.150. The Hall–Kier alpha value is -1.49. The zero-order chi connectivity index (χ0) is 13.5. The first-order chi connectivity index (χ1) is 9.31. The summed E-state index contributed by atoms with van der Waals surface area (Å²) in [5.41, 5.74) is 5.81. The number of nitrogens with zero attached hydrogens (tertiary/aromatic N) is 2. The van der Waals surface area contributed by atoms with Gasteiger partial charge in [0.15, 0.2) is 5.96 Å². The van der Waals surface area contributed by atoms with E-state index in [1.54, 1.807) is 6.26 Å². The van der Waals surface area contributed by atoms with Crippen LogP contribution in [0.2, 0.25) is 0 Å². The summed E-state index contributed by atoms with van der Waals surface area (Å²) >= 11 is 0. The smallest absolute Gasteiger partial charge is 0.188 e. The lowest BCUT2D eigenvalue weighted by Crippen LogP contribution is -2.37. The van der Waals surface area contributed by atoms with Crippen LogP contribution in [0.3, 0.4) is 0 Å². The van der Waals surface area contributed by atoms with E-state index < -0.39 is 0 Å². The molecule has 5 heteroatoms. The van der Waals surface area contributed by atoms with Gasteiger partial charge in [-0.05, 0) is 45.0 Å². The van der Waals surface area contributed by atoms with Crippen molar-refractivity contribution in [2.75, 3.05) is 26.2 Å². The van der Waals surface area contributed by atoms with Crippen molar-refractivity contribution in [2.24, 2.45) is 10.7 Å². The largest absolute Gasteiger partial charge is 0.468 e. The van der Waals surface area contributed by atoms with Crippen LogP contribution in [0, 0.1) is 0 Å². The molecule has 0 aliphatic carbocycles. The second-order valence-electron chi connectivity index (χ2n) is 4.88. The lowest BCUT2D eigenvalue weighted by atomic mass is 10.1. The molecule has 0 amide bonds. The first-order valence-electron chi connectivity index (χ1n) is 7.12. The Bertz CT molecular complexity index is 382. The highest BCUT2D eigenvalue weighted by atomic mass is 16.3. The van der Waals surface area contributed by atoms with Gasteiger partial charge < -0.3 is 15.5 Å². The monoisotopic (exact) mass is 264 g/mol. The van der Waals surface area contributed by atoms with Gasteiger partial charge in [0.1, 0.15) is 5.76 Å². The van der Waals surface area contributed by atoms with E-state index in [-0.39, 0.29) is 6.04 Å². The molecule has 1 atom stereocenters. The van der Waals surface area contributed by atoms with Crippen molar-refractivity contribution in [3.63, 3.8) is 0 Å². The Morgan fingerprint density at radius 1 is 1.47 bits per heavy atom. The van der Waals surface area contributed by atoms with Crippen molar-refractivity contribution < 1.29 is 4.42 Å². The molecule has 2 rings (SSSR count). The van der Waals surface area contributed by atoms with Gasteiger partial charge in [-0.25, -0.2) is 0 Å². The van der Waals surface area contributed by atoms with Gasteiger partial charge >= 0.3 is 0 Å². The number of nitrogens with one attached hydrogen (secondary N) is 1. The molecule has 2 heterocycles. The summed E-state index contributed by atoms with van der Waals surface area (Å²) in [6.45, 7) is 5.68. The summed E-state index contributed by atoms with van der Waals surface area (Å²) in [5.74, 6) is 1.49. The van der Waals surface area contributed by atoms with Crippen LogP contribution in [0.5, 0.6) is 0 Å². The van der Waals surface area contributed by atoms with Crippen LogP contribution in [-0.4, -0.2) is 37.0 Å². The fourth-order valence-corrected chi connectivity index (χ4v) is 2.52. The molecule has 5 nitrogen and oxygen atoms in total. The van der Waals surface area contributed by atoms with Crippen LogP contribution >= 0.6 is 0 Å². The van der Waals surface area contributed by atoms with E-state index >= 15 is 0 Å². The highest BCUT2D eigenvalue weighted by molar-refractivity contribution is 5.77. The van der Waals surface area contributed by atoms with E-state index in [0.29, 0.717) is 12.5 Å². The number of likely N-dealkylation sites (tertiary alicyclic amines) is 1.